The summed E-state index contributed by atoms with van der Waals surface area (Å²) in [7, 11) is 1.51. The van der Waals surface area contributed by atoms with E-state index in [9.17, 15) is 4.79 Å². The topological polar surface area (TPSA) is 59.4 Å². The molecule has 0 atom stereocenters. The Morgan fingerprint density at radius 2 is 1.70 bits per heavy atom. The minimum atomic E-state index is -0.340. The van der Waals surface area contributed by atoms with E-state index in [-0.39, 0.29) is 11.6 Å². The smallest absolute Gasteiger partial charge is 0.289 e. The molecule has 1 fully saturated rings. The van der Waals surface area contributed by atoms with E-state index >= 15 is 0 Å². The Kier molecular flexibility index (Phi) is 6.20. The number of nitrogens with zero attached hydrogens (tertiary/aromatic N) is 3. The van der Waals surface area contributed by atoms with Crippen molar-refractivity contribution in [2.75, 3.05) is 20.2 Å². The molecular formula is C21H19Cl3N4O2. The Labute approximate surface area is 189 Å². The minimum absolute atomic E-state index is 0.167. The molecule has 2 aromatic carbocycles. The number of hydrogen-bond acceptors (Lipinski definition) is 4. The second-order valence-corrected chi connectivity index (χ2v) is 8.16. The predicted molar refractivity (Wildman–Crippen MR) is 119 cm³/mol. The number of halogens is 3. The van der Waals surface area contributed by atoms with Crippen LogP contribution in [0.1, 0.15) is 23.3 Å². The van der Waals surface area contributed by atoms with E-state index in [4.69, 9.17) is 39.5 Å². The first-order valence-electron chi connectivity index (χ1n) is 9.42. The largest absolute Gasteiger partial charge is 0.492 e. The van der Waals surface area contributed by atoms with Crippen molar-refractivity contribution in [3.05, 3.63) is 63.2 Å². The number of ether oxygens (including phenoxy) is 1. The summed E-state index contributed by atoms with van der Waals surface area (Å²) in [5.41, 5.74) is 5.01. The lowest BCUT2D eigenvalue weighted by Gasteiger charge is -2.15. The van der Waals surface area contributed by atoms with Crippen molar-refractivity contribution in [2.24, 2.45) is 0 Å². The Hall–Kier alpha value is -2.25. The molecule has 1 saturated heterocycles. The van der Waals surface area contributed by atoms with Gasteiger partial charge in [0.1, 0.15) is 5.69 Å². The third kappa shape index (κ3) is 4.14. The highest BCUT2D eigenvalue weighted by molar-refractivity contribution is 6.35. The number of benzene rings is 2. The van der Waals surface area contributed by atoms with Crippen molar-refractivity contribution < 1.29 is 9.53 Å². The van der Waals surface area contributed by atoms with Gasteiger partial charge in [-0.25, -0.2) is 9.69 Å². The van der Waals surface area contributed by atoms with E-state index in [0.717, 1.165) is 31.5 Å². The van der Waals surface area contributed by atoms with E-state index in [1.54, 1.807) is 35.0 Å². The third-order valence-corrected chi connectivity index (χ3v) is 5.67. The van der Waals surface area contributed by atoms with Crippen LogP contribution in [0.25, 0.3) is 16.9 Å². The molecule has 3 aromatic rings. The average Bonchev–Trinajstić information content (AvgIpc) is 3.36. The van der Waals surface area contributed by atoms with Crippen LogP contribution in [0.2, 0.25) is 15.1 Å². The molecule has 0 radical (unpaired) electrons. The van der Waals surface area contributed by atoms with Crippen LogP contribution in [0.3, 0.4) is 0 Å². The van der Waals surface area contributed by atoms with Crippen LogP contribution in [0.4, 0.5) is 0 Å². The third-order valence-electron chi connectivity index (χ3n) is 4.88. The van der Waals surface area contributed by atoms with Gasteiger partial charge in [0.05, 0.1) is 17.8 Å². The van der Waals surface area contributed by atoms with Gasteiger partial charge in [0.15, 0.2) is 11.4 Å². The van der Waals surface area contributed by atoms with Crippen LogP contribution in [0.15, 0.2) is 42.5 Å². The summed E-state index contributed by atoms with van der Waals surface area (Å²) in [5.74, 6) is 0.00726. The maximum atomic E-state index is 13.0. The molecule has 1 aromatic heterocycles. The Bertz CT molecular complexity index is 1080. The quantitative estimate of drug-likeness (QED) is 0.559. The van der Waals surface area contributed by atoms with Crippen LogP contribution in [-0.2, 0) is 0 Å². The summed E-state index contributed by atoms with van der Waals surface area (Å²) in [5, 5.41) is 7.96. The molecule has 6 nitrogen and oxygen atoms in total. The fourth-order valence-electron chi connectivity index (χ4n) is 3.46. The van der Waals surface area contributed by atoms with Gasteiger partial charge in [-0.3, -0.25) is 10.2 Å². The van der Waals surface area contributed by atoms with Crippen molar-refractivity contribution in [3.63, 3.8) is 0 Å². The molecule has 1 aliphatic heterocycles. The summed E-state index contributed by atoms with van der Waals surface area (Å²) >= 11 is 18.6. The molecule has 30 heavy (non-hydrogen) atoms. The summed E-state index contributed by atoms with van der Waals surface area (Å²) in [6.45, 7) is 1.61. The molecule has 2 heterocycles. The number of hydrogen-bond donors (Lipinski definition) is 1. The second kappa shape index (κ2) is 8.86. The van der Waals surface area contributed by atoms with Gasteiger partial charge >= 0.3 is 0 Å². The molecule has 0 saturated carbocycles. The van der Waals surface area contributed by atoms with Crippen LogP contribution < -0.4 is 10.2 Å². The van der Waals surface area contributed by atoms with Crippen molar-refractivity contribution >= 4 is 40.7 Å². The first kappa shape index (κ1) is 21.0. The van der Waals surface area contributed by atoms with Crippen LogP contribution in [0, 0.1) is 0 Å². The summed E-state index contributed by atoms with van der Waals surface area (Å²) in [6.07, 6.45) is 2.09. The number of nitrogens with one attached hydrogen (secondary N) is 1. The van der Waals surface area contributed by atoms with Crippen molar-refractivity contribution in [3.8, 4) is 22.7 Å². The molecule has 1 amide bonds. The average molecular weight is 466 g/mol. The lowest BCUT2D eigenvalue weighted by molar-refractivity contribution is 0.0817. The fraction of sp³-hybridized carbons (Fsp3) is 0.238. The zero-order valence-electron chi connectivity index (χ0n) is 16.2. The highest BCUT2D eigenvalue weighted by Gasteiger charge is 2.28. The fourth-order valence-corrected chi connectivity index (χ4v) is 4.07. The van der Waals surface area contributed by atoms with Crippen LogP contribution >= 0.6 is 34.8 Å². The molecule has 1 N–H and O–H groups in total. The van der Waals surface area contributed by atoms with E-state index in [1.807, 2.05) is 17.1 Å². The molecule has 4 rings (SSSR count). The van der Waals surface area contributed by atoms with Gasteiger partial charge in [-0.05, 0) is 43.2 Å². The normalized spacial score (nSPS) is 14.1. The van der Waals surface area contributed by atoms with E-state index in [2.05, 4.69) is 10.5 Å². The first-order valence-corrected chi connectivity index (χ1v) is 10.6. The van der Waals surface area contributed by atoms with Gasteiger partial charge in [0.25, 0.3) is 5.91 Å². The molecule has 0 unspecified atom stereocenters. The lowest BCUT2D eigenvalue weighted by Crippen LogP contribution is -2.40. The predicted octanol–water partition coefficient (Wildman–Crippen LogP) is 5.25. The maximum Gasteiger partial charge on any atom is 0.289 e. The summed E-state index contributed by atoms with van der Waals surface area (Å²) in [4.78, 5) is 13.0. The molecule has 0 bridgehead atoms. The van der Waals surface area contributed by atoms with Gasteiger partial charge in [0, 0.05) is 28.7 Å². The molecular weight excluding hydrogens is 447 g/mol. The zero-order valence-corrected chi connectivity index (χ0v) is 18.4. The number of rotatable bonds is 5. The Morgan fingerprint density at radius 1 is 1.03 bits per heavy atom. The standard InChI is InChI=1S/C21H19Cl3N4O2/c1-30-20-18(21(29)26-27-10-2-3-11-27)25-28(17-9-8-15(23)12-16(17)24)19(20)13-4-6-14(22)7-5-13/h4-9,12H,2-3,10-11H2,1H3,(H,26,29). The number of carbonyl (C=O) groups is 1. The molecule has 0 spiro atoms. The van der Waals surface area contributed by atoms with E-state index in [1.165, 1.54) is 7.11 Å². The minimum Gasteiger partial charge on any atom is -0.492 e. The van der Waals surface area contributed by atoms with Crippen LogP contribution in [-0.4, -0.2) is 40.9 Å². The Morgan fingerprint density at radius 3 is 2.33 bits per heavy atom. The lowest BCUT2D eigenvalue weighted by atomic mass is 10.1. The van der Waals surface area contributed by atoms with Crippen molar-refractivity contribution in [2.45, 2.75) is 12.8 Å². The maximum absolute atomic E-state index is 13.0. The van der Waals surface area contributed by atoms with Gasteiger partial charge in [-0.2, -0.15) is 5.10 Å². The van der Waals surface area contributed by atoms with Crippen molar-refractivity contribution in [1.29, 1.82) is 0 Å². The molecule has 9 heteroatoms. The number of hydrazine groups is 1. The zero-order chi connectivity index (χ0) is 21.3. The van der Waals surface area contributed by atoms with E-state index < -0.39 is 0 Å². The van der Waals surface area contributed by atoms with Crippen LogP contribution in [0.5, 0.6) is 5.75 Å². The molecule has 1 aliphatic rings. The SMILES string of the molecule is COc1c(C(=O)NN2CCCC2)nn(-c2ccc(Cl)cc2Cl)c1-c1ccc(Cl)cc1. The van der Waals surface area contributed by atoms with Gasteiger partial charge < -0.3 is 4.74 Å². The van der Waals surface area contributed by atoms with E-state index in [0.29, 0.717) is 32.2 Å². The number of aromatic nitrogens is 2. The Balaban J connectivity index is 1.87. The number of carbonyl (C=O) groups excluding carboxylic acids is 1. The van der Waals surface area contributed by atoms with Gasteiger partial charge in [0.2, 0.25) is 0 Å². The highest BCUT2D eigenvalue weighted by Crippen LogP contribution is 2.38. The highest BCUT2D eigenvalue weighted by atomic mass is 35.5. The van der Waals surface area contributed by atoms with Gasteiger partial charge in [-0.1, -0.05) is 46.9 Å². The van der Waals surface area contributed by atoms with Gasteiger partial charge in [-0.15, -0.1) is 0 Å². The summed E-state index contributed by atoms with van der Waals surface area (Å²) in [6, 6.07) is 12.3. The summed E-state index contributed by atoms with van der Waals surface area (Å²) < 4.78 is 7.24. The number of amides is 1. The molecule has 156 valence electrons. The number of methoxy groups -OCH3 is 1. The molecule has 0 aliphatic carbocycles. The van der Waals surface area contributed by atoms with Crippen molar-refractivity contribution in [1.82, 2.24) is 20.2 Å². The second-order valence-electron chi connectivity index (χ2n) is 6.88. The first-order chi connectivity index (χ1) is 14.5. The monoisotopic (exact) mass is 464 g/mol.